The van der Waals surface area contributed by atoms with Gasteiger partial charge in [-0.25, -0.2) is 0 Å². The number of rotatable bonds is 4. The number of nitriles is 1. The Labute approximate surface area is 147 Å². The van der Waals surface area contributed by atoms with E-state index in [4.69, 9.17) is 10.00 Å². The first-order valence-electron chi connectivity index (χ1n) is 8.76. The van der Waals surface area contributed by atoms with Gasteiger partial charge in [-0.2, -0.15) is 5.26 Å². The molecule has 1 aromatic carbocycles. The number of carbonyl (C=O) groups excluding carboxylic acids is 2. The van der Waals surface area contributed by atoms with E-state index >= 15 is 0 Å². The van der Waals surface area contributed by atoms with Crippen molar-refractivity contribution in [2.45, 2.75) is 44.2 Å². The van der Waals surface area contributed by atoms with Crippen molar-refractivity contribution in [1.82, 2.24) is 4.90 Å². The molecular formula is C19H23N3O3. The van der Waals surface area contributed by atoms with E-state index < -0.39 is 0 Å². The molecule has 1 N–H and O–H groups in total. The number of benzene rings is 1. The van der Waals surface area contributed by atoms with E-state index in [0.29, 0.717) is 17.2 Å². The zero-order valence-corrected chi connectivity index (χ0v) is 14.4. The number of amides is 1. The van der Waals surface area contributed by atoms with Crippen molar-refractivity contribution in [2.24, 2.45) is 5.92 Å². The van der Waals surface area contributed by atoms with E-state index in [1.54, 1.807) is 24.3 Å². The van der Waals surface area contributed by atoms with Gasteiger partial charge in [0, 0.05) is 11.7 Å². The molecule has 1 aliphatic carbocycles. The number of hydrogen-bond acceptors (Lipinski definition) is 5. The van der Waals surface area contributed by atoms with Crippen molar-refractivity contribution in [3.63, 3.8) is 0 Å². The second-order valence-corrected chi connectivity index (χ2v) is 6.80. The lowest BCUT2D eigenvalue weighted by Gasteiger charge is -2.32. The minimum absolute atomic E-state index is 0.164. The molecule has 3 unspecified atom stereocenters. The first-order valence-corrected chi connectivity index (χ1v) is 8.76. The first-order chi connectivity index (χ1) is 12.1. The topological polar surface area (TPSA) is 82.4 Å². The molecule has 132 valence electrons. The number of nitrogens with one attached hydrogen (secondary N) is 1. The zero-order chi connectivity index (χ0) is 17.8. The molecule has 6 heteroatoms. The fraction of sp³-hybridized carbons (Fsp3) is 0.526. The van der Waals surface area contributed by atoms with Gasteiger partial charge in [0.1, 0.15) is 6.04 Å². The molecule has 0 bridgehead atoms. The maximum absolute atomic E-state index is 12.5. The Kier molecular flexibility index (Phi) is 5.34. The van der Waals surface area contributed by atoms with Gasteiger partial charge in [0.15, 0.2) is 0 Å². The Hall–Kier alpha value is -2.39. The third-order valence-corrected chi connectivity index (χ3v) is 5.30. The van der Waals surface area contributed by atoms with E-state index in [-0.39, 0.29) is 30.5 Å². The molecule has 25 heavy (non-hydrogen) atoms. The molecule has 1 aliphatic heterocycles. The molecular weight excluding hydrogens is 318 g/mol. The maximum atomic E-state index is 12.5. The Balaban J connectivity index is 1.70. The molecule has 1 saturated heterocycles. The van der Waals surface area contributed by atoms with Crippen LogP contribution in [0.3, 0.4) is 0 Å². The summed E-state index contributed by atoms with van der Waals surface area (Å²) in [6.07, 6.45) is 5.23. The molecule has 3 atom stereocenters. The molecule has 1 aromatic rings. The van der Waals surface area contributed by atoms with Crippen LogP contribution in [0.25, 0.3) is 0 Å². The van der Waals surface area contributed by atoms with Crippen molar-refractivity contribution in [2.75, 3.05) is 19.0 Å². The summed E-state index contributed by atoms with van der Waals surface area (Å²) in [6, 6.07) is 8.81. The summed E-state index contributed by atoms with van der Waals surface area (Å²) in [5.41, 5.74) is 1.09. The van der Waals surface area contributed by atoms with Crippen LogP contribution >= 0.6 is 0 Å². The molecule has 0 aromatic heterocycles. The second-order valence-electron chi connectivity index (χ2n) is 6.80. The monoisotopic (exact) mass is 341 g/mol. The summed E-state index contributed by atoms with van der Waals surface area (Å²) in [5.74, 6) is 0.0384. The minimum Gasteiger partial charge on any atom is -0.468 e. The predicted octanol–water partition coefficient (Wildman–Crippen LogP) is 2.30. The highest BCUT2D eigenvalue weighted by Gasteiger charge is 2.46. The zero-order valence-electron chi connectivity index (χ0n) is 14.4. The van der Waals surface area contributed by atoms with Crippen LogP contribution in [0.2, 0.25) is 0 Å². The number of ether oxygens (including phenoxy) is 1. The van der Waals surface area contributed by atoms with E-state index in [2.05, 4.69) is 11.4 Å². The van der Waals surface area contributed by atoms with Gasteiger partial charge in [0.05, 0.1) is 25.3 Å². The predicted molar refractivity (Wildman–Crippen MR) is 92.7 cm³/mol. The SMILES string of the molecule is COC(=O)C1CC2CCCCC2N1CC(=O)Nc1cccc(C#N)c1. The van der Waals surface area contributed by atoms with E-state index in [1.807, 2.05) is 4.90 Å². The van der Waals surface area contributed by atoms with Crippen LogP contribution in [-0.2, 0) is 14.3 Å². The maximum Gasteiger partial charge on any atom is 0.323 e. The highest BCUT2D eigenvalue weighted by molar-refractivity contribution is 5.93. The smallest absolute Gasteiger partial charge is 0.323 e. The van der Waals surface area contributed by atoms with E-state index in [0.717, 1.165) is 25.7 Å². The van der Waals surface area contributed by atoms with Crippen molar-refractivity contribution in [3.05, 3.63) is 29.8 Å². The molecule has 2 fully saturated rings. The Morgan fingerprint density at radius 2 is 2.16 bits per heavy atom. The third-order valence-electron chi connectivity index (χ3n) is 5.30. The molecule has 1 heterocycles. The van der Waals surface area contributed by atoms with Crippen LogP contribution < -0.4 is 5.32 Å². The van der Waals surface area contributed by atoms with Crippen LogP contribution in [0.4, 0.5) is 5.69 Å². The van der Waals surface area contributed by atoms with Gasteiger partial charge in [-0.3, -0.25) is 14.5 Å². The summed E-state index contributed by atoms with van der Waals surface area (Å²) in [5, 5.41) is 11.8. The standard InChI is InChI=1S/C19H23N3O3/c1-25-19(24)17-10-14-6-2-3-8-16(14)22(17)12-18(23)21-15-7-4-5-13(9-15)11-20/h4-5,7,9,14,16-17H,2-3,6,8,10,12H2,1H3,(H,21,23). The van der Waals surface area contributed by atoms with E-state index in [9.17, 15) is 9.59 Å². The first kappa shape index (κ1) is 17.4. The summed E-state index contributed by atoms with van der Waals surface area (Å²) >= 11 is 0. The molecule has 3 rings (SSSR count). The molecule has 0 spiro atoms. The summed E-state index contributed by atoms with van der Waals surface area (Å²) in [7, 11) is 1.40. The summed E-state index contributed by atoms with van der Waals surface area (Å²) < 4.78 is 4.95. The molecule has 1 saturated carbocycles. The van der Waals surface area contributed by atoms with Crippen molar-refractivity contribution < 1.29 is 14.3 Å². The number of esters is 1. The largest absolute Gasteiger partial charge is 0.468 e. The van der Waals surface area contributed by atoms with Gasteiger partial charge in [-0.05, 0) is 43.4 Å². The number of methoxy groups -OCH3 is 1. The fourth-order valence-corrected chi connectivity index (χ4v) is 4.18. The molecule has 6 nitrogen and oxygen atoms in total. The van der Waals surface area contributed by atoms with Gasteiger partial charge >= 0.3 is 5.97 Å². The number of hydrogen-bond donors (Lipinski definition) is 1. The quantitative estimate of drug-likeness (QED) is 0.850. The fourth-order valence-electron chi connectivity index (χ4n) is 4.18. The average Bonchev–Trinajstić information content (AvgIpc) is 2.99. The summed E-state index contributed by atoms with van der Waals surface area (Å²) in [6.45, 7) is 0.164. The van der Waals surface area contributed by atoms with Gasteiger partial charge in [0.25, 0.3) is 0 Å². The number of anilines is 1. The van der Waals surface area contributed by atoms with Crippen LogP contribution in [-0.4, -0.2) is 42.5 Å². The Morgan fingerprint density at radius 3 is 2.92 bits per heavy atom. The normalized spacial score (nSPS) is 25.7. The van der Waals surface area contributed by atoms with Crippen LogP contribution in [0.15, 0.2) is 24.3 Å². The number of fused-ring (bicyclic) bond motifs is 1. The Bertz CT molecular complexity index is 697. The lowest BCUT2D eigenvalue weighted by Crippen LogP contribution is -2.46. The van der Waals surface area contributed by atoms with Crippen molar-refractivity contribution in [3.8, 4) is 6.07 Å². The van der Waals surface area contributed by atoms with Crippen LogP contribution in [0, 0.1) is 17.2 Å². The number of carbonyl (C=O) groups is 2. The van der Waals surface area contributed by atoms with Crippen molar-refractivity contribution >= 4 is 17.6 Å². The van der Waals surface area contributed by atoms with Gasteiger partial charge < -0.3 is 10.1 Å². The van der Waals surface area contributed by atoms with E-state index in [1.165, 1.54) is 13.5 Å². The third kappa shape index (κ3) is 3.83. The molecule has 1 amide bonds. The highest BCUT2D eigenvalue weighted by atomic mass is 16.5. The lowest BCUT2D eigenvalue weighted by atomic mass is 9.85. The van der Waals surface area contributed by atoms with Gasteiger partial charge in [0.2, 0.25) is 5.91 Å². The van der Waals surface area contributed by atoms with Crippen molar-refractivity contribution in [1.29, 1.82) is 5.26 Å². The van der Waals surface area contributed by atoms with Crippen LogP contribution in [0.1, 0.15) is 37.7 Å². The highest BCUT2D eigenvalue weighted by Crippen LogP contribution is 2.39. The van der Waals surface area contributed by atoms with Crippen LogP contribution in [0.5, 0.6) is 0 Å². The summed E-state index contributed by atoms with van der Waals surface area (Å²) in [4.78, 5) is 26.7. The molecule has 0 radical (unpaired) electrons. The number of likely N-dealkylation sites (tertiary alicyclic amines) is 1. The second kappa shape index (κ2) is 7.66. The van der Waals surface area contributed by atoms with Gasteiger partial charge in [-0.15, -0.1) is 0 Å². The molecule has 2 aliphatic rings. The lowest BCUT2D eigenvalue weighted by molar-refractivity contribution is -0.146. The van der Waals surface area contributed by atoms with Gasteiger partial charge in [-0.1, -0.05) is 18.9 Å². The average molecular weight is 341 g/mol. The minimum atomic E-state index is -0.339. The number of nitrogens with zero attached hydrogens (tertiary/aromatic N) is 2. The Morgan fingerprint density at radius 1 is 1.36 bits per heavy atom.